The van der Waals surface area contributed by atoms with E-state index in [1.807, 2.05) is 19.2 Å². The Morgan fingerprint density at radius 1 is 1.18 bits per heavy atom. The van der Waals surface area contributed by atoms with Crippen molar-refractivity contribution in [2.45, 2.75) is 49.6 Å². The van der Waals surface area contributed by atoms with Gasteiger partial charge in [-0.3, -0.25) is 9.00 Å². The summed E-state index contributed by atoms with van der Waals surface area (Å²) in [5.41, 5.74) is 2.06. The number of aryl methyl sites for hydroxylation is 1. The second-order valence-electron chi connectivity index (χ2n) is 9.25. The molecule has 3 atom stereocenters. The maximum Gasteiger partial charge on any atom is 0.227 e. The highest BCUT2D eigenvalue weighted by molar-refractivity contribution is 7.85. The van der Waals surface area contributed by atoms with Gasteiger partial charge in [0.1, 0.15) is 10.7 Å². The molecule has 2 aromatic rings. The van der Waals surface area contributed by atoms with Crippen molar-refractivity contribution in [3.05, 3.63) is 35.0 Å². The number of carbonyl (C=O) groups excluding carboxylic acids is 1. The molecule has 0 radical (unpaired) electrons. The number of hydrogen-bond donors (Lipinski definition) is 1. The van der Waals surface area contributed by atoms with Crippen LogP contribution in [0.5, 0.6) is 0 Å². The second-order valence-corrected chi connectivity index (χ2v) is 11.2. The summed E-state index contributed by atoms with van der Waals surface area (Å²) in [6, 6.07) is 8.47. The first kappa shape index (κ1) is 23.4. The molecule has 0 aliphatic carbocycles. The van der Waals surface area contributed by atoms with Gasteiger partial charge >= 0.3 is 0 Å². The Balaban J connectivity index is 1.37. The number of nitrogens with zero attached hydrogens (tertiary/aromatic N) is 5. The van der Waals surface area contributed by atoms with Crippen molar-refractivity contribution in [1.29, 1.82) is 0 Å². The molecule has 1 N–H and O–H groups in total. The zero-order chi connectivity index (χ0) is 23.8. The van der Waals surface area contributed by atoms with Crippen LogP contribution < -0.4 is 15.1 Å². The fourth-order valence-electron chi connectivity index (χ4n) is 5.21. The third-order valence-corrected chi connectivity index (χ3v) is 8.74. The molecular formula is C24H31ClN6O2S. The topological polar surface area (TPSA) is 81.7 Å². The summed E-state index contributed by atoms with van der Waals surface area (Å²) in [7, 11) is 0.741. The Labute approximate surface area is 208 Å². The number of aromatic nitrogens is 2. The zero-order valence-corrected chi connectivity index (χ0v) is 21.2. The van der Waals surface area contributed by atoms with Gasteiger partial charge in [0.25, 0.3) is 0 Å². The van der Waals surface area contributed by atoms with E-state index in [2.05, 4.69) is 34.2 Å². The summed E-state index contributed by atoms with van der Waals surface area (Å²) in [6.45, 7) is 5.41. The van der Waals surface area contributed by atoms with Crippen LogP contribution in [0.15, 0.2) is 29.2 Å². The van der Waals surface area contributed by atoms with E-state index in [1.54, 1.807) is 4.90 Å². The van der Waals surface area contributed by atoms with Crippen LogP contribution in [0.25, 0.3) is 0 Å². The maximum atomic E-state index is 12.7. The Morgan fingerprint density at radius 2 is 1.97 bits per heavy atom. The molecule has 1 aromatic carbocycles. The molecule has 0 bridgehead atoms. The van der Waals surface area contributed by atoms with Crippen molar-refractivity contribution in [2.24, 2.45) is 0 Å². The number of likely N-dealkylation sites (tertiary alicyclic amines) is 1. The van der Waals surface area contributed by atoms with Crippen LogP contribution >= 0.6 is 11.6 Å². The average molecular weight is 503 g/mol. The lowest BCUT2D eigenvalue weighted by Gasteiger charge is -2.31. The summed E-state index contributed by atoms with van der Waals surface area (Å²) in [5, 5.41) is 4.26. The SMILES string of the molecule is CCN(c1ccc(Cl)cc1)C1CCN(c2nc3c(c(N[C@H]4CCC(=O)N(C)C4)n2)S(=O)CC3)C1. The van der Waals surface area contributed by atoms with Gasteiger partial charge in [0, 0.05) is 74.6 Å². The van der Waals surface area contributed by atoms with Crippen LogP contribution in [-0.4, -0.2) is 76.0 Å². The maximum absolute atomic E-state index is 12.7. The number of rotatable bonds is 6. The molecule has 0 spiro atoms. The molecule has 3 aliphatic rings. The molecule has 1 amide bonds. The van der Waals surface area contributed by atoms with E-state index in [4.69, 9.17) is 21.6 Å². The van der Waals surface area contributed by atoms with Crippen molar-refractivity contribution >= 4 is 45.8 Å². The molecule has 1 aromatic heterocycles. The number of anilines is 3. The number of amides is 1. The molecule has 182 valence electrons. The van der Waals surface area contributed by atoms with E-state index in [1.165, 1.54) is 5.69 Å². The van der Waals surface area contributed by atoms with Gasteiger partial charge in [-0.2, -0.15) is 4.98 Å². The Morgan fingerprint density at radius 3 is 2.71 bits per heavy atom. The molecule has 4 heterocycles. The molecule has 5 rings (SSSR count). The Hall–Kier alpha value is -2.39. The highest BCUT2D eigenvalue weighted by atomic mass is 35.5. The fraction of sp³-hybridized carbons (Fsp3) is 0.542. The smallest absolute Gasteiger partial charge is 0.227 e. The van der Waals surface area contributed by atoms with Gasteiger partial charge in [0.15, 0.2) is 0 Å². The van der Waals surface area contributed by atoms with E-state index in [0.29, 0.717) is 42.9 Å². The van der Waals surface area contributed by atoms with E-state index >= 15 is 0 Å². The molecule has 2 unspecified atom stereocenters. The first-order valence-corrected chi connectivity index (χ1v) is 13.7. The summed E-state index contributed by atoms with van der Waals surface area (Å²) in [6.07, 6.45) is 2.99. The molecule has 2 saturated heterocycles. The van der Waals surface area contributed by atoms with Gasteiger partial charge < -0.3 is 20.0 Å². The summed E-state index contributed by atoms with van der Waals surface area (Å²) in [4.78, 5) is 28.8. The fourth-order valence-corrected chi connectivity index (χ4v) is 6.65. The highest BCUT2D eigenvalue weighted by Gasteiger charge is 2.33. The number of fused-ring (bicyclic) bond motifs is 1. The monoisotopic (exact) mass is 502 g/mol. The number of likely N-dealkylation sites (N-methyl/N-ethyl adjacent to an activating group) is 2. The first-order valence-electron chi connectivity index (χ1n) is 12.0. The largest absolute Gasteiger partial charge is 0.367 e. The number of halogens is 1. The third kappa shape index (κ3) is 4.60. The van der Waals surface area contributed by atoms with E-state index in [9.17, 15) is 9.00 Å². The Kier molecular flexibility index (Phi) is 6.66. The number of nitrogens with one attached hydrogen (secondary N) is 1. The van der Waals surface area contributed by atoms with E-state index < -0.39 is 10.8 Å². The first-order chi connectivity index (χ1) is 16.4. The van der Waals surface area contributed by atoms with Crippen LogP contribution in [0.3, 0.4) is 0 Å². The minimum absolute atomic E-state index is 0.0963. The predicted octanol–water partition coefficient (Wildman–Crippen LogP) is 2.93. The van der Waals surface area contributed by atoms with Crippen molar-refractivity contribution in [2.75, 3.05) is 54.1 Å². The number of piperidine rings is 1. The molecule has 0 saturated carbocycles. The van der Waals surface area contributed by atoms with Gasteiger partial charge in [-0.05, 0) is 44.0 Å². The Bertz CT molecular complexity index is 1100. The quantitative estimate of drug-likeness (QED) is 0.650. The average Bonchev–Trinajstić information content (AvgIpc) is 3.45. The molecule has 3 aliphatic heterocycles. The molecule has 10 heteroatoms. The van der Waals surface area contributed by atoms with Crippen LogP contribution in [-0.2, 0) is 22.0 Å². The lowest BCUT2D eigenvalue weighted by atomic mass is 10.1. The number of hydrogen-bond acceptors (Lipinski definition) is 7. The van der Waals surface area contributed by atoms with Crippen molar-refractivity contribution in [3.8, 4) is 0 Å². The van der Waals surface area contributed by atoms with Crippen molar-refractivity contribution in [3.63, 3.8) is 0 Å². The van der Waals surface area contributed by atoms with Crippen LogP contribution in [0.1, 0.15) is 31.9 Å². The van der Waals surface area contributed by atoms with Crippen molar-refractivity contribution in [1.82, 2.24) is 14.9 Å². The van der Waals surface area contributed by atoms with Crippen LogP contribution in [0.2, 0.25) is 5.02 Å². The molecule has 8 nitrogen and oxygen atoms in total. The van der Waals surface area contributed by atoms with E-state index in [0.717, 1.165) is 48.1 Å². The van der Waals surface area contributed by atoms with Gasteiger partial charge in [-0.1, -0.05) is 11.6 Å². The van der Waals surface area contributed by atoms with Gasteiger partial charge in [0.2, 0.25) is 11.9 Å². The normalized spacial score (nSPS) is 24.4. The summed E-state index contributed by atoms with van der Waals surface area (Å²) < 4.78 is 12.7. The third-order valence-electron chi connectivity index (χ3n) is 7.03. The lowest BCUT2D eigenvalue weighted by Crippen LogP contribution is -2.43. The van der Waals surface area contributed by atoms with Gasteiger partial charge in [-0.25, -0.2) is 4.98 Å². The van der Waals surface area contributed by atoms with Gasteiger partial charge in [-0.15, -0.1) is 0 Å². The minimum atomic E-state index is -1.09. The highest BCUT2D eigenvalue weighted by Crippen LogP contribution is 2.33. The molecule has 2 fully saturated rings. The number of benzene rings is 1. The summed E-state index contributed by atoms with van der Waals surface area (Å²) in [5.74, 6) is 2.14. The lowest BCUT2D eigenvalue weighted by molar-refractivity contribution is -0.132. The second kappa shape index (κ2) is 9.70. The standard InChI is InChI=1S/C24H31ClN6O2S/c1-3-31(18-7-4-16(25)5-8-18)19-10-12-30(15-19)24-27-20-11-13-34(33)22(20)23(28-24)26-17-6-9-21(32)29(2)14-17/h4-5,7-8,17,19H,3,6,9-15H2,1-2H3,(H,26,27,28)/t17-,19?,34?/m0/s1. The molecule has 34 heavy (non-hydrogen) atoms. The van der Waals surface area contributed by atoms with E-state index in [-0.39, 0.29) is 11.9 Å². The number of carbonyl (C=O) groups is 1. The minimum Gasteiger partial charge on any atom is -0.367 e. The van der Waals surface area contributed by atoms with Crippen LogP contribution in [0.4, 0.5) is 17.5 Å². The van der Waals surface area contributed by atoms with Crippen LogP contribution in [0, 0.1) is 0 Å². The molecular weight excluding hydrogens is 472 g/mol. The predicted molar refractivity (Wildman–Crippen MR) is 136 cm³/mol. The van der Waals surface area contributed by atoms with Crippen molar-refractivity contribution < 1.29 is 9.00 Å². The van der Waals surface area contributed by atoms with Gasteiger partial charge in [0.05, 0.1) is 16.5 Å². The summed E-state index contributed by atoms with van der Waals surface area (Å²) >= 11 is 6.09. The zero-order valence-electron chi connectivity index (χ0n) is 19.7.